The molecule has 1 unspecified atom stereocenters. The molecule has 3 rings (SSSR count). The zero-order valence-electron chi connectivity index (χ0n) is 16.8. The standard InChI is InChI=1S/C24H30N2O2/c1-18(2)16-21(27)26-22(19-10-5-3-6-11-19)23(28)25-17-24(14-9-15-24)20-12-7-4-8-13-20/h3-8,10-13,18,22H,9,14-17H2,1-2H3,(H,25,28)(H,26,27). The average Bonchev–Trinajstić information content (AvgIpc) is 2.66. The largest absolute Gasteiger partial charge is 0.353 e. The third-order valence-corrected chi connectivity index (χ3v) is 5.59. The minimum atomic E-state index is -0.666. The molecule has 1 fully saturated rings. The van der Waals surface area contributed by atoms with Gasteiger partial charge in [-0.2, -0.15) is 0 Å². The summed E-state index contributed by atoms with van der Waals surface area (Å²) in [6.45, 7) is 4.59. The number of carbonyl (C=O) groups is 2. The van der Waals surface area contributed by atoms with E-state index < -0.39 is 6.04 Å². The predicted octanol–water partition coefficient (Wildman–Crippen LogP) is 4.13. The lowest BCUT2D eigenvalue weighted by Gasteiger charge is -2.43. The lowest BCUT2D eigenvalue weighted by molar-refractivity contribution is -0.129. The third kappa shape index (κ3) is 4.80. The molecule has 2 amide bonds. The fourth-order valence-electron chi connectivity index (χ4n) is 3.86. The monoisotopic (exact) mass is 378 g/mol. The number of carbonyl (C=O) groups excluding carboxylic acids is 2. The summed E-state index contributed by atoms with van der Waals surface area (Å²) in [4.78, 5) is 25.4. The van der Waals surface area contributed by atoms with E-state index >= 15 is 0 Å². The van der Waals surface area contributed by atoms with E-state index in [-0.39, 0.29) is 23.1 Å². The van der Waals surface area contributed by atoms with Crippen LogP contribution in [0.15, 0.2) is 60.7 Å². The normalized spacial score (nSPS) is 16.1. The highest BCUT2D eigenvalue weighted by Crippen LogP contribution is 2.43. The van der Waals surface area contributed by atoms with Crippen LogP contribution in [0.3, 0.4) is 0 Å². The first-order valence-electron chi connectivity index (χ1n) is 10.2. The van der Waals surface area contributed by atoms with Crippen LogP contribution < -0.4 is 10.6 Å². The molecule has 0 aromatic heterocycles. The van der Waals surface area contributed by atoms with E-state index in [1.807, 2.05) is 50.2 Å². The summed E-state index contributed by atoms with van der Waals surface area (Å²) in [6.07, 6.45) is 3.74. The molecule has 1 aliphatic rings. The molecule has 1 atom stereocenters. The molecule has 2 N–H and O–H groups in total. The van der Waals surface area contributed by atoms with Crippen molar-refractivity contribution in [1.29, 1.82) is 0 Å². The zero-order valence-corrected chi connectivity index (χ0v) is 16.8. The Labute approximate surface area is 167 Å². The molecule has 2 aromatic carbocycles. The first kappa shape index (κ1) is 20.1. The van der Waals surface area contributed by atoms with Crippen molar-refractivity contribution in [2.75, 3.05) is 6.54 Å². The van der Waals surface area contributed by atoms with Crippen molar-refractivity contribution in [2.45, 2.75) is 51.0 Å². The van der Waals surface area contributed by atoms with Gasteiger partial charge in [0.15, 0.2) is 0 Å². The fraction of sp³-hybridized carbons (Fsp3) is 0.417. The minimum Gasteiger partial charge on any atom is -0.353 e. The van der Waals surface area contributed by atoms with E-state index in [0.29, 0.717) is 13.0 Å². The van der Waals surface area contributed by atoms with Crippen LogP contribution in [0.4, 0.5) is 0 Å². The molecule has 0 saturated heterocycles. The van der Waals surface area contributed by atoms with Crippen molar-refractivity contribution >= 4 is 11.8 Å². The summed E-state index contributed by atoms with van der Waals surface area (Å²) in [6, 6.07) is 19.2. The second-order valence-corrected chi connectivity index (χ2v) is 8.23. The SMILES string of the molecule is CC(C)CC(=O)NC(C(=O)NCC1(c2ccccc2)CCC1)c1ccccc1. The summed E-state index contributed by atoms with van der Waals surface area (Å²) < 4.78 is 0. The quantitative estimate of drug-likeness (QED) is 0.726. The second-order valence-electron chi connectivity index (χ2n) is 8.23. The number of amides is 2. The summed E-state index contributed by atoms with van der Waals surface area (Å²) in [7, 11) is 0. The molecule has 4 nitrogen and oxygen atoms in total. The number of hydrogen-bond donors (Lipinski definition) is 2. The summed E-state index contributed by atoms with van der Waals surface area (Å²) in [5.41, 5.74) is 2.10. The van der Waals surface area contributed by atoms with E-state index in [4.69, 9.17) is 0 Å². The maximum absolute atomic E-state index is 13.1. The molecule has 0 radical (unpaired) electrons. The molecule has 0 aliphatic heterocycles. The first-order valence-corrected chi connectivity index (χ1v) is 10.2. The predicted molar refractivity (Wildman–Crippen MR) is 112 cm³/mol. The summed E-state index contributed by atoms with van der Waals surface area (Å²) >= 11 is 0. The first-order chi connectivity index (χ1) is 13.5. The molecule has 28 heavy (non-hydrogen) atoms. The van der Waals surface area contributed by atoms with E-state index in [1.165, 1.54) is 12.0 Å². The molecular weight excluding hydrogens is 348 g/mol. The summed E-state index contributed by atoms with van der Waals surface area (Å²) in [5.74, 6) is 0.00161. The third-order valence-electron chi connectivity index (χ3n) is 5.59. The van der Waals surface area contributed by atoms with Crippen molar-refractivity contribution < 1.29 is 9.59 Å². The Morgan fingerprint density at radius 2 is 1.57 bits per heavy atom. The number of hydrogen-bond acceptors (Lipinski definition) is 2. The van der Waals surface area contributed by atoms with Crippen LogP contribution in [-0.4, -0.2) is 18.4 Å². The van der Waals surface area contributed by atoms with Gasteiger partial charge in [0, 0.05) is 18.4 Å². The van der Waals surface area contributed by atoms with Crippen LogP contribution in [0.2, 0.25) is 0 Å². The van der Waals surface area contributed by atoms with E-state index in [2.05, 4.69) is 34.9 Å². The van der Waals surface area contributed by atoms with Gasteiger partial charge in [0.2, 0.25) is 11.8 Å². The van der Waals surface area contributed by atoms with Crippen LogP contribution in [0.5, 0.6) is 0 Å². The molecule has 0 heterocycles. The molecular formula is C24H30N2O2. The zero-order chi connectivity index (χ0) is 20.0. The Balaban J connectivity index is 1.71. The maximum atomic E-state index is 13.1. The number of nitrogens with one attached hydrogen (secondary N) is 2. The topological polar surface area (TPSA) is 58.2 Å². The van der Waals surface area contributed by atoms with Crippen molar-refractivity contribution in [3.05, 3.63) is 71.8 Å². The number of rotatable bonds is 8. The van der Waals surface area contributed by atoms with Gasteiger partial charge in [-0.15, -0.1) is 0 Å². The van der Waals surface area contributed by atoms with Crippen LogP contribution in [-0.2, 0) is 15.0 Å². The summed E-state index contributed by atoms with van der Waals surface area (Å²) in [5, 5.41) is 6.05. The molecule has 0 spiro atoms. The van der Waals surface area contributed by atoms with Crippen molar-refractivity contribution in [3.63, 3.8) is 0 Å². The van der Waals surface area contributed by atoms with Gasteiger partial charge in [-0.05, 0) is 29.9 Å². The molecule has 148 valence electrons. The smallest absolute Gasteiger partial charge is 0.247 e. The van der Waals surface area contributed by atoms with Crippen molar-refractivity contribution in [3.8, 4) is 0 Å². The minimum absolute atomic E-state index is 0.0140. The van der Waals surface area contributed by atoms with Gasteiger partial charge in [0.25, 0.3) is 0 Å². The highest BCUT2D eigenvalue weighted by Gasteiger charge is 2.39. The Bertz CT molecular complexity index is 783. The van der Waals surface area contributed by atoms with Gasteiger partial charge in [0.05, 0.1) is 0 Å². The Morgan fingerprint density at radius 1 is 0.964 bits per heavy atom. The molecule has 1 saturated carbocycles. The van der Waals surface area contributed by atoms with Gasteiger partial charge in [-0.1, -0.05) is 80.9 Å². The van der Waals surface area contributed by atoms with Crippen molar-refractivity contribution in [2.24, 2.45) is 5.92 Å². The van der Waals surface area contributed by atoms with Gasteiger partial charge >= 0.3 is 0 Å². The fourth-order valence-corrected chi connectivity index (χ4v) is 3.86. The Hall–Kier alpha value is -2.62. The van der Waals surface area contributed by atoms with E-state index in [0.717, 1.165) is 18.4 Å². The molecule has 0 bridgehead atoms. The van der Waals surface area contributed by atoms with E-state index in [1.54, 1.807) is 0 Å². The van der Waals surface area contributed by atoms with Crippen LogP contribution in [0, 0.1) is 5.92 Å². The second kappa shape index (κ2) is 9.05. The van der Waals surface area contributed by atoms with Gasteiger partial charge in [-0.25, -0.2) is 0 Å². The van der Waals surface area contributed by atoms with Crippen molar-refractivity contribution in [1.82, 2.24) is 10.6 Å². The highest BCUT2D eigenvalue weighted by molar-refractivity contribution is 5.88. The average molecular weight is 379 g/mol. The van der Waals surface area contributed by atoms with Crippen LogP contribution in [0.25, 0.3) is 0 Å². The molecule has 2 aromatic rings. The van der Waals surface area contributed by atoms with Gasteiger partial charge in [0.1, 0.15) is 6.04 Å². The Morgan fingerprint density at radius 3 is 2.11 bits per heavy atom. The maximum Gasteiger partial charge on any atom is 0.247 e. The number of benzene rings is 2. The van der Waals surface area contributed by atoms with Gasteiger partial charge < -0.3 is 10.6 Å². The molecule has 4 heteroatoms. The lowest BCUT2D eigenvalue weighted by Crippen LogP contribution is -2.48. The van der Waals surface area contributed by atoms with Crippen LogP contribution in [0.1, 0.15) is 56.7 Å². The van der Waals surface area contributed by atoms with Crippen LogP contribution >= 0.6 is 0 Å². The van der Waals surface area contributed by atoms with E-state index in [9.17, 15) is 9.59 Å². The van der Waals surface area contributed by atoms with Gasteiger partial charge in [-0.3, -0.25) is 9.59 Å². The molecule has 1 aliphatic carbocycles. The Kier molecular flexibility index (Phi) is 6.50. The highest BCUT2D eigenvalue weighted by atomic mass is 16.2. The lowest BCUT2D eigenvalue weighted by atomic mass is 9.64.